The maximum absolute atomic E-state index is 12.5. The standard InChI is InChI=1S/C18H13Cl2N3O3S/c19-13-4-3-11(14(20)9-13)8-15-17(25)23(18(26)27-15)7-6-22-16(24)12-2-1-5-21-10-12/h1-5,8-10H,6-7H2,(H,22,24). The van der Waals surface area contributed by atoms with Crippen molar-refractivity contribution >= 4 is 58.1 Å². The fraction of sp³-hybridized carbons (Fsp3) is 0.111. The number of rotatable bonds is 5. The van der Waals surface area contributed by atoms with Gasteiger partial charge in [-0.1, -0.05) is 29.3 Å². The minimum Gasteiger partial charge on any atom is -0.350 e. The van der Waals surface area contributed by atoms with E-state index in [0.717, 1.165) is 16.7 Å². The zero-order valence-electron chi connectivity index (χ0n) is 13.8. The number of aromatic nitrogens is 1. The number of amides is 3. The molecule has 3 rings (SSSR count). The smallest absolute Gasteiger partial charge is 0.293 e. The number of carbonyl (C=O) groups is 3. The molecule has 0 unspecified atom stereocenters. The number of benzene rings is 1. The molecule has 2 heterocycles. The van der Waals surface area contributed by atoms with E-state index in [-0.39, 0.29) is 23.9 Å². The molecule has 1 saturated heterocycles. The van der Waals surface area contributed by atoms with E-state index < -0.39 is 11.1 Å². The van der Waals surface area contributed by atoms with Crippen molar-refractivity contribution in [2.24, 2.45) is 0 Å². The zero-order chi connectivity index (χ0) is 19.4. The van der Waals surface area contributed by atoms with Crippen molar-refractivity contribution in [2.75, 3.05) is 13.1 Å². The summed E-state index contributed by atoms with van der Waals surface area (Å²) in [6.07, 6.45) is 4.56. The molecule has 2 aromatic rings. The quantitative estimate of drug-likeness (QED) is 0.741. The van der Waals surface area contributed by atoms with Crippen LogP contribution < -0.4 is 5.32 Å². The van der Waals surface area contributed by atoms with Crippen LogP contribution in [-0.4, -0.2) is 40.0 Å². The summed E-state index contributed by atoms with van der Waals surface area (Å²) in [5.74, 6) is -0.745. The van der Waals surface area contributed by atoms with E-state index in [1.54, 1.807) is 42.6 Å². The molecule has 1 aromatic carbocycles. The zero-order valence-corrected chi connectivity index (χ0v) is 16.1. The molecule has 0 atom stereocenters. The first-order chi connectivity index (χ1) is 13.0. The molecule has 1 N–H and O–H groups in total. The van der Waals surface area contributed by atoms with Gasteiger partial charge in [0.05, 0.1) is 10.5 Å². The molecular formula is C18H13Cl2N3O3S. The fourth-order valence-electron chi connectivity index (χ4n) is 2.33. The summed E-state index contributed by atoms with van der Waals surface area (Å²) < 4.78 is 0. The Morgan fingerprint density at radius 1 is 1.26 bits per heavy atom. The first-order valence-corrected chi connectivity index (χ1v) is 9.41. The van der Waals surface area contributed by atoms with Crippen LogP contribution in [0.3, 0.4) is 0 Å². The van der Waals surface area contributed by atoms with Crippen LogP contribution in [0.5, 0.6) is 0 Å². The van der Waals surface area contributed by atoms with Gasteiger partial charge < -0.3 is 5.32 Å². The maximum atomic E-state index is 12.5. The minimum absolute atomic E-state index is 0.0718. The fourth-order valence-corrected chi connectivity index (χ4v) is 3.65. The molecule has 0 spiro atoms. The molecule has 3 amide bonds. The van der Waals surface area contributed by atoms with Crippen molar-refractivity contribution in [1.29, 1.82) is 0 Å². The van der Waals surface area contributed by atoms with E-state index in [1.165, 1.54) is 6.20 Å². The largest absolute Gasteiger partial charge is 0.350 e. The monoisotopic (exact) mass is 421 g/mol. The second-order valence-electron chi connectivity index (χ2n) is 5.50. The molecule has 1 aliphatic rings. The number of nitrogens with one attached hydrogen (secondary N) is 1. The highest BCUT2D eigenvalue weighted by Crippen LogP contribution is 2.33. The first kappa shape index (κ1) is 19.4. The van der Waals surface area contributed by atoms with Gasteiger partial charge in [-0.15, -0.1) is 0 Å². The second-order valence-corrected chi connectivity index (χ2v) is 7.33. The maximum Gasteiger partial charge on any atom is 0.293 e. The lowest BCUT2D eigenvalue weighted by molar-refractivity contribution is -0.122. The molecule has 1 aromatic heterocycles. The summed E-state index contributed by atoms with van der Waals surface area (Å²) in [5, 5.41) is 3.13. The van der Waals surface area contributed by atoms with Gasteiger partial charge in [0.1, 0.15) is 0 Å². The number of thioether (sulfide) groups is 1. The second kappa shape index (κ2) is 8.56. The molecule has 1 aliphatic heterocycles. The van der Waals surface area contributed by atoms with Crippen LogP contribution in [0.25, 0.3) is 6.08 Å². The third kappa shape index (κ3) is 4.68. The Morgan fingerprint density at radius 3 is 2.78 bits per heavy atom. The molecule has 0 saturated carbocycles. The van der Waals surface area contributed by atoms with Crippen LogP contribution in [0.1, 0.15) is 15.9 Å². The highest BCUT2D eigenvalue weighted by molar-refractivity contribution is 8.18. The van der Waals surface area contributed by atoms with Gasteiger partial charge in [-0.25, -0.2) is 0 Å². The lowest BCUT2D eigenvalue weighted by Crippen LogP contribution is -2.37. The number of imide groups is 1. The van der Waals surface area contributed by atoms with Gasteiger partial charge in [-0.2, -0.15) is 0 Å². The van der Waals surface area contributed by atoms with Crippen molar-refractivity contribution in [3.8, 4) is 0 Å². The Labute approximate surface area is 169 Å². The van der Waals surface area contributed by atoms with Crippen LogP contribution in [0.4, 0.5) is 4.79 Å². The van der Waals surface area contributed by atoms with E-state index in [9.17, 15) is 14.4 Å². The summed E-state index contributed by atoms with van der Waals surface area (Å²) in [6, 6.07) is 8.16. The van der Waals surface area contributed by atoms with Gasteiger partial charge in [-0.3, -0.25) is 24.3 Å². The molecular weight excluding hydrogens is 409 g/mol. The summed E-state index contributed by atoms with van der Waals surface area (Å²) in [6.45, 7) is 0.211. The number of hydrogen-bond acceptors (Lipinski definition) is 5. The van der Waals surface area contributed by atoms with E-state index in [2.05, 4.69) is 10.3 Å². The minimum atomic E-state index is -0.424. The number of halogens is 2. The molecule has 6 nitrogen and oxygen atoms in total. The number of carbonyl (C=O) groups excluding carboxylic acids is 3. The van der Waals surface area contributed by atoms with Gasteiger partial charge in [0.15, 0.2) is 0 Å². The van der Waals surface area contributed by atoms with E-state index >= 15 is 0 Å². The number of pyridine rings is 1. The van der Waals surface area contributed by atoms with Crippen molar-refractivity contribution in [3.63, 3.8) is 0 Å². The third-order valence-corrected chi connectivity index (χ3v) is 5.14. The summed E-state index contributed by atoms with van der Waals surface area (Å²) >= 11 is 12.8. The normalized spacial score (nSPS) is 15.5. The van der Waals surface area contributed by atoms with Crippen molar-refractivity contribution in [2.45, 2.75) is 0 Å². The van der Waals surface area contributed by atoms with E-state index in [4.69, 9.17) is 23.2 Å². The molecule has 1 fully saturated rings. The molecule has 9 heteroatoms. The lowest BCUT2D eigenvalue weighted by atomic mass is 10.2. The molecule has 0 aliphatic carbocycles. The SMILES string of the molecule is O=C(NCCN1C(=O)SC(=Cc2ccc(Cl)cc2Cl)C1=O)c1cccnc1. The average Bonchev–Trinajstić information content (AvgIpc) is 2.92. The van der Waals surface area contributed by atoms with Gasteiger partial charge in [-0.05, 0) is 47.7 Å². The highest BCUT2D eigenvalue weighted by atomic mass is 35.5. The van der Waals surface area contributed by atoms with Crippen molar-refractivity contribution in [1.82, 2.24) is 15.2 Å². The van der Waals surface area contributed by atoms with Crippen LogP contribution >= 0.6 is 35.0 Å². The molecule has 0 radical (unpaired) electrons. The Balaban J connectivity index is 1.62. The summed E-state index contributed by atoms with van der Waals surface area (Å²) in [5.41, 5.74) is 1.00. The highest BCUT2D eigenvalue weighted by Gasteiger charge is 2.34. The van der Waals surface area contributed by atoms with Gasteiger partial charge in [0, 0.05) is 35.5 Å². The Bertz CT molecular complexity index is 935. The Kier molecular flexibility index (Phi) is 6.15. The lowest BCUT2D eigenvalue weighted by Gasteiger charge is -2.12. The van der Waals surface area contributed by atoms with Crippen LogP contribution in [0, 0.1) is 0 Å². The van der Waals surface area contributed by atoms with Gasteiger partial charge in [0.25, 0.3) is 17.1 Å². The van der Waals surface area contributed by atoms with E-state index in [0.29, 0.717) is 21.2 Å². The van der Waals surface area contributed by atoms with Crippen LogP contribution in [0.15, 0.2) is 47.6 Å². The number of hydrogen-bond donors (Lipinski definition) is 1. The summed E-state index contributed by atoms with van der Waals surface area (Å²) in [7, 11) is 0. The summed E-state index contributed by atoms with van der Waals surface area (Å²) in [4.78, 5) is 41.8. The molecule has 27 heavy (non-hydrogen) atoms. The predicted molar refractivity (Wildman–Crippen MR) is 106 cm³/mol. The van der Waals surface area contributed by atoms with Gasteiger partial charge in [0.2, 0.25) is 0 Å². The topological polar surface area (TPSA) is 79.4 Å². The van der Waals surface area contributed by atoms with Gasteiger partial charge >= 0.3 is 0 Å². The van der Waals surface area contributed by atoms with Crippen molar-refractivity contribution < 1.29 is 14.4 Å². The number of nitrogens with zero attached hydrogens (tertiary/aromatic N) is 2. The van der Waals surface area contributed by atoms with E-state index in [1.807, 2.05) is 0 Å². The third-order valence-electron chi connectivity index (χ3n) is 3.67. The Hall–Kier alpha value is -2.35. The first-order valence-electron chi connectivity index (χ1n) is 7.84. The average molecular weight is 422 g/mol. The van der Waals surface area contributed by atoms with Crippen LogP contribution in [-0.2, 0) is 4.79 Å². The van der Waals surface area contributed by atoms with Crippen molar-refractivity contribution in [3.05, 3.63) is 68.8 Å². The van der Waals surface area contributed by atoms with Crippen LogP contribution in [0.2, 0.25) is 10.0 Å². The predicted octanol–water partition coefficient (Wildman–Crippen LogP) is 3.85. The molecule has 0 bridgehead atoms. The Morgan fingerprint density at radius 2 is 2.07 bits per heavy atom. The molecule has 138 valence electrons.